The van der Waals surface area contributed by atoms with Crippen LogP contribution in [0.3, 0.4) is 0 Å². The van der Waals surface area contributed by atoms with E-state index in [2.05, 4.69) is 35.2 Å². The minimum atomic E-state index is -0.464. The molecule has 6 aromatic heterocycles. The highest BCUT2D eigenvalue weighted by Gasteiger charge is 2.19. The monoisotopic (exact) mass is 673 g/mol. The molecule has 1 N–H and O–H groups in total. The van der Waals surface area contributed by atoms with Crippen molar-refractivity contribution in [2.75, 3.05) is 5.32 Å². The number of aromatic nitrogens is 6. The van der Waals surface area contributed by atoms with E-state index in [1.165, 1.54) is 24.3 Å². The first kappa shape index (κ1) is 30.4. The van der Waals surface area contributed by atoms with E-state index in [9.17, 15) is 24.6 Å². The third-order valence-corrected chi connectivity index (χ3v) is 8.57. The minimum absolute atomic E-state index is 0.00178. The molecule has 0 aliphatic rings. The number of nitro groups is 2. The fourth-order valence-electron chi connectivity index (χ4n) is 4.15. The number of thiophene rings is 2. The fourth-order valence-corrected chi connectivity index (χ4v) is 6.12. The van der Waals surface area contributed by atoms with E-state index in [-0.39, 0.29) is 21.0 Å². The maximum absolute atomic E-state index is 13.1. The van der Waals surface area contributed by atoms with Gasteiger partial charge in [0.15, 0.2) is 11.6 Å². The lowest BCUT2D eigenvalue weighted by molar-refractivity contribution is -0.380. The first-order valence-electron chi connectivity index (χ1n) is 13.1. The Labute approximate surface area is 270 Å². The summed E-state index contributed by atoms with van der Waals surface area (Å²) in [6.07, 6.45) is 6.50. The van der Waals surface area contributed by atoms with Crippen LogP contribution in [0.15, 0.2) is 85.5 Å². The van der Waals surface area contributed by atoms with E-state index in [4.69, 9.17) is 11.6 Å². The third-order valence-electron chi connectivity index (χ3n) is 6.32. The summed E-state index contributed by atoms with van der Waals surface area (Å²) in [5.41, 5.74) is 2.38. The number of rotatable bonds is 7. The van der Waals surface area contributed by atoms with Crippen LogP contribution in [0.2, 0.25) is 5.15 Å². The Morgan fingerprint density at radius 2 is 1.22 bits per heavy atom. The van der Waals surface area contributed by atoms with Gasteiger partial charge in [-0.1, -0.05) is 23.7 Å². The molecule has 17 heteroatoms. The second-order valence-corrected chi connectivity index (χ2v) is 11.7. The molecule has 46 heavy (non-hydrogen) atoms. The molecule has 0 unspecified atom stereocenters. The molecule has 0 saturated carbocycles. The quantitative estimate of drug-likeness (QED) is 0.0995. The number of benzene rings is 1. The topological polar surface area (TPSA) is 176 Å². The molecule has 7 aromatic rings. The number of hydrogen-bond donors (Lipinski definition) is 1. The van der Waals surface area contributed by atoms with Gasteiger partial charge in [-0.15, -0.1) is 0 Å². The second kappa shape index (κ2) is 13.2. The molecule has 0 fully saturated rings. The summed E-state index contributed by atoms with van der Waals surface area (Å²) < 4.78 is 13.1. The first-order chi connectivity index (χ1) is 22.2. The van der Waals surface area contributed by atoms with Crippen LogP contribution >= 0.6 is 34.3 Å². The van der Waals surface area contributed by atoms with Gasteiger partial charge in [-0.05, 0) is 64.6 Å². The number of nitrogens with zero attached hydrogens (tertiary/aromatic N) is 8. The van der Waals surface area contributed by atoms with Gasteiger partial charge in [0.2, 0.25) is 0 Å². The molecule has 228 valence electrons. The number of fused-ring (bicyclic) bond motifs is 2. The van der Waals surface area contributed by atoms with Crippen LogP contribution in [0.5, 0.6) is 0 Å². The lowest BCUT2D eigenvalue weighted by Crippen LogP contribution is -2.03. The molecule has 13 nitrogen and oxygen atoms in total. The summed E-state index contributed by atoms with van der Waals surface area (Å²) in [4.78, 5) is 47.4. The molecular weight excluding hydrogens is 657 g/mol. The van der Waals surface area contributed by atoms with Crippen molar-refractivity contribution in [3.05, 3.63) is 122 Å². The summed E-state index contributed by atoms with van der Waals surface area (Å²) in [7, 11) is 0. The lowest BCUT2D eigenvalue weighted by Gasteiger charge is -2.09. The van der Waals surface area contributed by atoms with Crippen molar-refractivity contribution >= 4 is 70.5 Å². The van der Waals surface area contributed by atoms with Crippen molar-refractivity contribution in [1.29, 1.82) is 0 Å². The number of nitrogens with one attached hydrogen (secondary N) is 1. The number of halogens is 2. The van der Waals surface area contributed by atoms with Gasteiger partial charge in [0.1, 0.15) is 26.4 Å². The molecule has 7 rings (SSSR count). The third kappa shape index (κ3) is 6.73. The summed E-state index contributed by atoms with van der Waals surface area (Å²) in [5, 5.41) is 26.4. The fraction of sp³-hybridized carbons (Fsp3) is 0.0345. The maximum Gasteiger partial charge on any atom is 0.326 e. The molecule has 0 aliphatic heterocycles. The smallest absolute Gasteiger partial charge is 0.326 e. The van der Waals surface area contributed by atoms with Gasteiger partial charge in [-0.3, -0.25) is 30.2 Å². The largest absolute Gasteiger partial charge is 0.365 e. The molecule has 1 aromatic carbocycles. The van der Waals surface area contributed by atoms with Gasteiger partial charge in [0.25, 0.3) is 0 Å². The van der Waals surface area contributed by atoms with Crippen molar-refractivity contribution in [2.45, 2.75) is 6.54 Å². The maximum atomic E-state index is 13.1. The van der Waals surface area contributed by atoms with E-state index in [0.717, 1.165) is 39.4 Å². The van der Waals surface area contributed by atoms with Crippen LogP contribution in [0.1, 0.15) is 5.56 Å². The van der Waals surface area contributed by atoms with Crippen LogP contribution in [-0.2, 0) is 6.54 Å². The number of hydrogen-bond acceptors (Lipinski definition) is 13. The zero-order valence-corrected chi connectivity index (χ0v) is 25.5. The van der Waals surface area contributed by atoms with Gasteiger partial charge in [0.05, 0.1) is 20.6 Å². The minimum Gasteiger partial charge on any atom is -0.365 e. The van der Waals surface area contributed by atoms with Crippen LogP contribution in [0.4, 0.5) is 20.2 Å². The highest BCUT2D eigenvalue weighted by molar-refractivity contribution is 7.22. The van der Waals surface area contributed by atoms with Crippen molar-refractivity contribution in [3.63, 3.8) is 0 Å². The normalized spacial score (nSPS) is 10.8. The molecule has 6 heterocycles. The van der Waals surface area contributed by atoms with E-state index in [1.807, 2.05) is 0 Å². The van der Waals surface area contributed by atoms with E-state index in [0.29, 0.717) is 44.4 Å². The molecule has 0 saturated heterocycles. The molecule has 0 atom stereocenters. The van der Waals surface area contributed by atoms with Crippen LogP contribution in [0, 0.1) is 26.0 Å². The summed E-state index contributed by atoms with van der Waals surface area (Å²) in [6.45, 7) is 0.395. The number of anilines is 1. The Hall–Kier alpha value is -5.58. The zero-order chi connectivity index (χ0) is 32.2. The standard InChI is InChI=1S/C18H12FN5O2S.C11H5ClN4O2S/c19-13-3-1-11(2-4-13)10-21-17-14-9-15(24(25)26)27-18(14)23-16(22-17)12-5-7-20-8-6-12;12-9-7-5-8(16(17)18)19-11(7)15-10(14-9)6-1-3-13-4-2-6/h1-9H,10H2,(H,21,22,23);1-5H. The van der Waals surface area contributed by atoms with Gasteiger partial charge in [-0.25, -0.2) is 24.3 Å². The highest BCUT2D eigenvalue weighted by Crippen LogP contribution is 2.36. The molecule has 0 aliphatic carbocycles. The Morgan fingerprint density at radius 3 is 1.76 bits per heavy atom. The average Bonchev–Trinajstić information content (AvgIpc) is 3.71. The molecule has 0 amide bonds. The molecule has 0 spiro atoms. The van der Waals surface area contributed by atoms with E-state index < -0.39 is 9.85 Å². The molecular formula is C29H17ClFN9O4S2. The first-order valence-corrected chi connectivity index (χ1v) is 15.1. The molecule has 0 bridgehead atoms. The van der Waals surface area contributed by atoms with Crippen molar-refractivity contribution in [3.8, 4) is 22.8 Å². The zero-order valence-electron chi connectivity index (χ0n) is 23.1. The Bertz CT molecular complexity index is 2200. The Kier molecular flexibility index (Phi) is 8.73. The van der Waals surface area contributed by atoms with E-state index in [1.54, 1.807) is 61.2 Å². The SMILES string of the molecule is O=[N+]([O-])c1cc2c(Cl)nc(-c3ccncc3)nc2s1.O=[N+]([O-])c1cc2c(NCc3ccc(F)cc3)nc(-c3ccncc3)nc2s1. The predicted octanol–water partition coefficient (Wildman–Crippen LogP) is 7.73. The van der Waals surface area contributed by atoms with Gasteiger partial charge >= 0.3 is 10.0 Å². The summed E-state index contributed by atoms with van der Waals surface area (Å²) in [5.74, 6) is 1.05. The highest BCUT2D eigenvalue weighted by atomic mass is 35.5. The lowest BCUT2D eigenvalue weighted by atomic mass is 10.2. The van der Waals surface area contributed by atoms with Crippen LogP contribution in [0.25, 0.3) is 43.2 Å². The summed E-state index contributed by atoms with van der Waals surface area (Å²) >= 11 is 8.02. The van der Waals surface area contributed by atoms with Gasteiger partial charge in [0, 0.05) is 54.6 Å². The van der Waals surface area contributed by atoms with E-state index >= 15 is 0 Å². The average molecular weight is 674 g/mol. The van der Waals surface area contributed by atoms with Crippen molar-refractivity contribution < 1.29 is 14.2 Å². The van der Waals surface area contributed by atoms with Crippen LogP contribution < -0.4 is 5.32 Å². The Morgan fingerprint density at radius 1 is 0.717 bits per heavy atom. The van der Waals surface area contributed by atoms with Gasteiger partial charge in [-0.2, -0.15) is 0 Å². The Balaban J connectivity index is 0.000000172. The molecule has 0 radical (unpaired) electrons. The van der Waals surface area contributed by atoms with Crippen molar-refractivity contribution in [1.82, 2.24) is 29.9 Å². The summed E-state index contributed by atoms with van der Waals surface area (Å²) in [6, 6.07) is 16.0. The second-order valence-electron chi connectivity index (χ2n) is 9.31. The van der Waals surface area contributed by atoms with Crippen molar-refractivity contribution in [2.24, 2.45) is 0 Å². The predicted molar refractivity (Wildman–Crippen MR) is 173 cm³/mol. The van der Waals surface area contributed by atoms with Crippen LogP contribution in [-0.4, -0.2) is 39.8 Å². The van der Waals surface area contributed by atoms with Gasteiger partial charge < -0.3 is 5.32 Å². The number of pyridine rings is 2.